The van der Waals surface area contributed by atoms with Crippen LogP contribution in [0.1, 0.15) is 30.4 Å². The fourth-order valence-corrected chi connectivity index (χ4v) is 2.23. The molecule has 1 N–H and O–H groups in total. The first-order chi connectivity index (χ1) is 9.66. The second-order valence-corrected chi connectivity index (χ2v) is 4.68. The van der Waals surface area contributed by atoms with Gasteiger partial charge in [-0.1, -0.05) is 60.7 Å². The molecule has 0 fully saturated rings. The lowest BCUT2D eigenvalue weighted by Crippen LogP contribution is -2.29. The van der Waals surface area contributed by atoms with Gasteiger partial charge in [-0.15, -0.1) is 0 Å². The summed E-state index contributed by atoms with van der Waals surface area (Å²) < 4.78 is 0. The molecule has 3 nitrogen and oxygen atoms in total. The smallest absolute Gasteiger partial charge is 0.227 e. The molecule has 102 valence electrons. The number of nitrogens with one attached hydrogen (secondary N) is 1. The van der Waals surface area contributed by atoms with E-state index in [0.717, 1.165) is 11.1 Å². The predicted octanol–water partition coefficient (Wildman–Crippen LogP) is 2.87. The highest BCUT2D eigenvalue weighted by Gasteiger charge is 2.18. The maximum Gasteiger partial charge on any atom is 0.227 e. The third-order valence-electron chi connectivity index (χ3n) is 3.11. The summed E-state index contributed by atoms with van der Waals surface area (Å²) in [7, 11) is 0. The number of benzene rings is 2. The molecule has 0 saturated heterocycles. The number of hydrogen-bond donors (Lipinski definition) is 1. The molecule has 0 spiro atoms. The van der Waals surface area contributed by atoms with Crippen molar-refractivity contribution < 1.29 is 9.59 Å². The summed E-state index contributed by atoms with van der Waals surface area (Å²) in [6.07, 6.45) is 0.258. The molecule has 0 heterocycles. The van der Waals surface area contributed by atoms with Crippen molar-refractivity contribution >= 4 is 11.8 Å². The van der Waals surface area contributed by atoms with Gasteiger partial charge in [0.05, 0.1) is 0 Å². The molecule has 0 radical (unpaired) electrons. The van der Waals surface area contributed by atoms with E-state index in [9.17, 15) is 9.59 Å². The largest absolute Gasteiger partial charge is 0.297 e. The highest BCUT2D eigenvalue weighted by atomic mass is 16.2. The van der Waals surface area contributed by atoms with E-state index >= 15 is 0 Å². The highest BCUT2D eigenvalue weighted by molar-refractivity contribution is 5.94. The van der Waals surface area contributed by atoms with Crippen molar-refractivity contribution in [3.05, 3.63) is 71.8 Å². The Morgan fingerprint density at radius 3 is 1.75 bits per heavy atom. The molecule has 0 aromatic heterocycles. The Kier molecular flexibility index (Phi) is 4.66. The maximum atomic E-state index is 11.9. The van der Waals surface area contributed by atoms with Crippen molar-refractivity contribution in [1.82, 2.24) is 5.32 Å². The van der Waals surface area contributed by atoms with Crippen LogP contribution in [0.4, 0.5) is 0 Å². The summed E-state index contributed by atoms with van der Waals surface area (Å²) in [6, 6.07) is 19.7. The van der Waals surface area contributed by atoms with E-state index in [1.807, 2.05) is 60.7 Å². The molecular weight excluding hydrogens is 250 g/mol. The summed E-state index contributed by atoms with van der Waals surface area (Å²) in [6.45, 7) is 1.35. The molecule has 20 heavy (non-hydrogen) atoms. The van der Waals surface area contributed by atoms with Crippen LogP contribution in [0.2, 0.25) is 0 Å². The summed E-state index contributed by atoms with van der Waals surface area (Å²) in [5, 5.41) is 2.33. The van der Waals surface area contributed by atoms with Gasteiger partial charge < -0.3 is 0 Å². The van der Waals surface area contributed by atoms with Gasteiger partial charge in [0.25, 0.3) is 0 Å². The average molecular weight is 267 g/mol. The molecule has 0 aliphatic rings. The standard InChI is InChI=1S/C17H17NO2/c1-13(19)18-17(20)12-16(14-8-4-2-5-9-14)15-10-6-3-7-11-15/h2-11,16H,12H2,1H3,(H,18,19,20). The predicted molar refractivity (Wildman–Crippen MR) is 78.2 cm³/mol. The molecule has 0 saturated carbocycles. The molecule has 0 bridgehead atoms. The molecule has 3 heteroatoms. The SMILES string of the molecule is CC(=O)NC(=O)CC(c1ccccc1)c1ccccc1. The molecular formula is C17H17NO2. The van der Waals surface area contributed by atoms with E-state index in [1.165, 1.54) is 6.92 Å². The minimum absolute atomic E-state index is 0.0447. The molecule has 2 amide bonds. The molecule has 0 aliphatic carbocycles. The Morgan fingerprint density at radius 2 is 1.35 bits per heavy atom. The summed E-state index contributed by atoms with van der Waals surface area (Å²) in [4.78, 5) is 22.9. The lowest BCUT2D eigenvalue weighted by molar-refractivity contribution is -0.129. The van der Waals surface area contributed by atoms with Crippen LogP contribution >= 0.6 is 0 Å². The Balaban J connectivity index is 2.26. The minimum Gasteiger partial charge on any atom is -0.297 e. The van der Waals surface area contributed by atoms with Crippen LogP contribution in [0.5, 0.6) is 0 Å². The molecule has 0 atom stereocenters. The zero-order chi connectivity index (χ0) is 14.4. The van der Waals surface area contributed by atoms with Crippen molar-refractivity contribution in [3.8, 4) is 0 Å². The topological polar surface area (TPSA) is 46.2 Å². The number of imide groups is 1. The molecule has 2 aromatic carbocycles. The quantitative estimate of drug-likeness (QED) is 0.925. The van der Waals surface area contributed by atoms with Crippen molar-refractivity contribution in [2.45, 2.75) is 19.3 Å². The van der Waals surface area contributed by atoms with Crippen LogP contribution in [-0.4, -0.2) is 11.8 Å². The minimum atomic E-state index is -0.324. The lowest BCUT2D eigenvalue weighted by atomic mass is 9.88. The molecule has 2 rings (SSSR count). The van der Waals surface area contributed by atoms with Gasteiger partial charge >= 0.3 is 0 Å². The summed E-state index contributed by atoms with van der Waals surface area (Å²) in [5.41, 5.74) is 2.13. The van der Waals surface area contributed by atoms with Gasteiger partial charge in [0.15, 0.2) is 0 Å². The van der Waals surface area contributed by atoms with Gasteiger partial charge in [0.2, 0.25) is 11.8 Å². The van der Waals surface area contributed by atoms with Crippen LogP contribution in [0.25, 0.3) is 0 Å². The molecule has 0 aliphatic heterocycles. The van der Waals surface area contributed by atoms with Crippen LogP contribution in [-0.2, 0) is 9.59 Å². The van der Waals surface area contributed by atoms with Gasteiger partial charge in [-0.3, -0.25) is 14.9 Å². The van der Waals surface area contributed by atoms with Crippen molar-refractivity contribution in [1.29, 1.82) is 0 Å². The van der Waals surface area contributed by atoms with E-state index in [1.54, 1.807) is 0 Å². The van der Waals surface area contributed by atoms with Gasteiger partial charge in [-0.25, -0.2) is 0 Å². The highest BCUT2D eigenvalue weighted by Crippen LogP contribution is 2.27. The third-order valence-corrected chi connectivity index (χ3v) is 3.11. The molecule has 2 aromatic rings. The van der Waals surface area contributed by atoms with Crippen molar-refractivity contribution in [2.24, 2.45) is 0 Å². The van der Waals surface area contributed by atoms with E-state index in [2.05, 4.69) is 5.32 Å². The van der Waals surface area contributed by atoms with Crippen LogP contribution in [0.3, 0.4) is 0 Å². The van der Waals surface area contributed by atoms with E-state index < -0.39 is 0 Å². The normalized spacial score (nSPS) is 10.3. The number of hydrogen-bond acceptors (Lipinski definition) is 2. The first-order valence-corrected chi connectivity index (χ1v) is 6.57. The fraction of sp³-hybridized carbons (Fsp3) is 0.176. The first kappa shape index (κ1) is 14.0. The number of rotatable bonds is 4. The van der Waals surface area contributed by atoms with Gasteiger partial charge in [-0.2, -0.15) is 0 Å². The second kappa shape index (κ2) is 6.66. The van der Waals surface area contributed by atoms with Crippen LogP contribution < -0.4 is 5.32 Å². The van der Waals surface area contributed by atoms with Crippen LogP contribution in [0, 0.1) is 0 Å². The first-order valence-electron chi connectivity index (χ1n) is 6.57. The third kappa shape index (κ3) is 3.79. The monoisotopic (exact) mass is 267 g/mol. The van der Waals surface area contributed by atoms with Crippen LogP contribution in [0.15, 0.2) is 60.7 Å². The Labute approximate surface area is 118 Å². The summed E-state index contributed by atoms with van der Waals surface area (Å²) in [5.74, 6) is -0.623. The maximum absolute atomic E-state index is 11.9. The lowest BCUT2D eigenvalue weighted by Gasteiger charge is -2.17. The van der Waals surface area contributed by atoms with E-state index in [-0.39, 0.29) is 24.2 Å². The van der Waals surface area contributed by atoms with Gasteiger partial charge in [0.1, 0.15) is 0 Å². The van der Waals surface area contributed by atoms with Gasteiger partial charge in [-0.05, 0) is 11.1 Å². The Morgan fingerprint density at radius 1 is 0.900 bits per heavy atom. The number of carbonyl (C=O) groups is 2. The number of amides is 2. The second-order valence-electron chi connectivity index (χ2n) is 4.68. The van der Waals surface area contributed by atoms with E-state index in [0.29, 0.717) is 0 Å². The van der Waals surface area contributed by atoms with Crippen molar-refractivity contribution in [2.75, 3.05) is 0 Å². The Hall–Kier alpha value is -2.42. The zero-order valence-electron chi connectivity index (χ0n) is 11.4. The fourth-order valence-electron chi connectivity index (χ4n) is 2.23. The number of carbonyl (C=O) groups excluding carboxylic acids is 2. The van der Waals surface area contributed by atoms with Gasteiger partial charge in [0, 0.05) is 19.3 Å². The zero-order valence-corrected chi connectivity index (χ0v) is 11.4. The summed E-state index contributed by atoms with van der Waals surface area (Å²) >= 11 is 0. The Bertz CT molecular complexity index is 539. The molecule has 0 unspecified atom stereocenters. The van der Waals surface area contributed by atoms with E-state index in [4.69, 9.17) is 0 Å². The van der Waals surface area contributed by atoms with Crippen molar-refractivity contribution in [3.63, 3.8) is 0 Å². The average Bonchev–Trinajstić information content (AvgIpc) is 2.46.